The Bertz CT molecular complexity index is 387. The molecule has 0 heterocycles. The number of rotatable bonds is 2. The van der Waals surface area contributed by atoms with Gasteiger partial charge in [-0.05, 0) is 34.9 Å². The van der Waals surface area contributed by atoms with E-state index in [0.717, 1.165) is 5.56 Å². The van der Waals surface area contributed by atoms with E-state index >= 15 is 0 Å². The third kappa shape index (κ3) is 1.76. The van der Waals surface area contributed by atoms with Crippen LogP contribution < -0.4 is 0 Å². The number of benzene rings is 1. The maximum Gasteiger partial charge on any atom is 0.142 e. The van der Waals surface area contributed by atoms with Gasteiger partial charge in [0, 0.05) is 5.88 Å². The van der Waals surface area contributed by atoms with Gasteiger partial charge in [-0.2, -0.15) is 0 Å². The van der Waals surface area contributed by atoms with E-state index in [9.17, 15) is 4.39 Å². The molecule has 0 spiro atoms. The highest BCUT2D eigenvalue weighted by atomic mass is 35.5. The van der Waals surface area contributed by atoms with Crippen LogP contribution >= 0.6 is 23.2 Å². The molecule has 0 bridgehead atoms. The first-order chi connectivity index (χ1) is 6.98. The van der Waals surface area contributed by atoms with Gasteiger partial charge in [-0.1, -0.05) is 31.5 Å². The molecule has 15 heavy (non-hydrogen) atoms. The molecule has 0 aromatic heterocycles. The van der Waals surface area contributed by atoms with E-state index in [1.165, 1.54) is 6.07 Å². The summed E-state index contributed by atoms with van der Waals surface area (Å²) >= 11 is 11.5. The monoisotopic (exact) mass is 246 g/mol. The minimum Gasteiger partial charge on any atom is -0.205 e. The summed E-state index contributed by atoms with van der Waals surface area (Å²) in [5.41, 5.74) is 1.19. The van der Waals surface area contributed by atoms with Crippen LogP contribution in [0, 0.1) is 17.2 Å². The Hall–Kier alpha value is -0.270. The second-order valence-corrected chi connectivity index (χ2v) is 5.45. The lowest BCUT2D eigenvalue weighted by atomic mass is 10.0. The van der Waals surface area contributed by atoms with Crippen molar-refractivity contribution >= 4 is 23.2 Å². The minimum absolute atomic E-state index is 0.180. The van der Waals surface area contributed by atoms with Gasteiger partial charge in [0.1, 0.15) is 5.82 Å². The summed E-state index contributed by atoms with van der Waals surface area (Å²) in [4.78, 5) is 0. The fourth-order valence-electron chi connectivity index (χ4n) is 2.40. The van der Waals surface area contributed by atoms with Gasteiger partial charge in [0.15, 0.2) is 0 Å². The predicted octanol–water partition coefficient (Wildman–Crippen LogP) is 4.46. The number of halogens is 3. The van der Waals surface area contributed by atoms with Crippen molar-refractivity contribution in [1.29, 1.82) is 0 Å². The zero-order chi connectivity index (χ0) is 11.2. The molecule has 0 radical (unpaired) electrons. The van der Waals surface area contributed by atoms with Gasteiger partial charge >= 0.3 is 0 Å². The van der Waals surface area contributed by atoms with Gasteiger partial charge < -0.3 is 0 Å². The predicted molar refractivity (Wildman–Crippen MR) is 62.1 cm³/mol. The van der Waals surface area contributed by atoms with Crippen molar-refractivity contribution in [1.82, 2.24) is 0 Å². The van der Waals surface area contributed by atoms with E-state index in [2.05, 4.69) is 13.8 Å². The molecule has 2 rings (SSSR count). The van der Waals surface area contributed by atoms with Gasteiger partial charge in [0.25, 0.3) is 0 Å². The van der Waals surface area contributed by atoms with Crippen LogP contribution in [0.1, 0.15) is 25.3 Å². The highest BCUT2D eigenvalue weighted by molar-refractivity contribution is 6.30. The second kappa shape index (κ2) is 3.64. The number of hydrogen-bond donors (Lipinski definition) is 0. The SMILES string of the molecule is CC1(C)C(CCl)C1c1ccc(Cl)c(F)c1. The lowest BCUT2D eigenvalue weighted by Crippen LogP contribution is -1.91. The van der Waals surface area contributed by atoms with Crippen molar-refractivity contribution in [3.05, 3.63) is 34.6 Å². The molecule has 2 unspecified atom stereocenters. The highest BCUT2D eigenvalue weighted by Gasteiger charge is 2.57. The lowest BCUT2D eigenvalue weighted by molar-refractivity contribution is 0.575. The van der Waals surface area contributed by atoms with Gasteiger partial charge in [-0.3, -0.25) is 0 Å². The van der Waals surface area contributed by atoms with Gasteiger partial charge in [0.05, 0.1) is 5.02 Å². The Labute approximate surface area is 99.4 Å². The van der Waals surface area contributed by atoms with Crippen molar-refractivity contribution in [3.8, 4) is 0 Å². The van der Waals surface area contributed by atoms with E-state index in [-0.39, 0.29) is 16.3 Å². The third-order valence-corrected chi connectivity index (χ3v) is 4.16. The van der Waals surface area contributed by atoms with Crippen molar-refractivity contribution < 1.29 is 4.39 Å². The summed E-state index contributed by atoms with van der Waals surface area (Å²) in [5.74, 6) is 1.09. The van der Waals surface area contributed by atoms with Crippen LogP contribution in [0.15, 0.2) is 18.2 Å². The normalized spacial score (nSPS) is 27.8. The van der Waals surface area contributed by atoms with Crippen molar-refractivity contribution in [2.24, 2.45) is 11.3 Å². The zero-order valence-corrected chi connectivity index (χ0v) is 10.2. The molecule has 2 atom stereocenters. The van der Waals surface area contributed by atoms with E-state index in [1.807, 2.05) is 6.07 Å². The Morgan fingerprint density at radius 3 is 2.53 bits per heavy atom. The first kappa shape index (κ1) is 11.2. The van der Waals surface area contributed by atoms with E-state index < -0.39 is 0 Å². The molecular weight excluding hydrogens is 234 g/mol. The highest BCUT2D eigenvalue weighted by Crippen LogP contribution is 2.64. The smallest absolute Gasteiger partial charge is 0.142 e. The molecule has 0 amide bonds. The number of alkyl halides is 1. The minimum atomic E-state index is -0.342. The Balaban J connectivity index is 2.29. The molecule has 1 aromatic carbocycles. The maximum absolute atomic E-state index is 13.3. The molecule has 1 aliphatic carbocycles. The van der Waals surface area contributed by atoms with Crippen LogP contribution in [0.3, 0.4) is 0 Å². The average molecular weight is 247 g/mol. The summed E-state index contributed by atoms with van der Waals surface area (Å²) in [6.07, 6.45) is 0. The molecule has 1 saturated carbocycles. The molecule has 3 heteroatoms. The summed E-state index contributed by atoms with van der Waals surface area (Å²) in [5, 5.41) is 0.180. The molecule has 0 saturated heterocycles. The van der Waals surface area contributed by atoms with Crippen molar-refractivity contribution in [2.45, 2.75) is 19.8 Å². The van der Waals surface area contributed by atoms with Crippen LogP contribution in [-0.4, -0.2) is 5.88 Å². The molecule has 0 nitrogen and oxygen atoms in total. The molecule has 0 N–H and O–H groups in total. The van der Waals surface area contributed by atoms with Gasteiger partial charge in [0.2, 0.25) is 0 Å². The molecule has 1 aliphatic rings. The third-order valence-electron chi connectivity index (χ3n) is 3.52. The second-order valence-electron chi connectivity index (χ2n) is 4.73. The topological polar surface area (TPSA) is 0 Å². The molecule has 82 valence electrons. The summed E-state index contributed by atoms with van der Waals surface area (Å²) < 4.78 is 13.3. The lowest BCUT2D eigenvalue weighted by Gasteiger charge is -2.03. The molecule has 0 aliphatic heterocycles. The summed E-state index contributed by atoms with van der Waals surface area (Å²) in [6.45, 7) is 4.33. The summed E-state index contributed by atoms with van der Waals surface area (Å²) in [6, 6.07) is 5.04. The quantitative estimate of drug-likeness (QED) is 0.677. The zero-order valence-electron chi connectivity index (χ0n) is 8.73. The molecule has 1 fully saturated rings. The fraction of sp³-hybridized carbons (Fsp3) is 0.500. The van der Waals surface area contributed by atoms with Gasteiger partial charge in [-0.25, -0.2) is 4.39 Å². The first-order valence-electron chi connectivity index (χ1n) is 4.99. The Morgan fingerprint density at radius 2 is 2.07 bits per heavy atom. The van der Waals surface area contributed by atoms with Crippen molar-refractivity contribution in [2.75, 3.05) is 5.88 Å². The van der Waals surface area contributed by atoms with Crippen LogP contribution in [0.4, 0.5) is 4.39 Å². The van der Waals surface area contributed by atoms with E-state index in [4.69, 9.17) is 23.2 Å². The molecular formula is C12H13Cl2F. The van der Waals surface area contributed by atoms with E-state index in [0.29, 0.717) is 17.7 Å². The van der Waals surface area contributed by atoms with Crippen LogP contribution in [0.2, 0.25) is 5.02 Å². The van der Waals surface area contributed by atoms with Crippen LogP contribution in [0.25, 0.3) is 0 Å². The average Bonchev–Trinajstić information content (AvgIpc) is 2.73. The first-order valence-corrected chi connectivity index (χ1v) is 5.90. The van der Waals surface area contributed by atoms with Gasteiger partial charge in [-0.15, -0.1) is 11.6 Å². The van der Waals surface area contributed by atoms with Crippen molar-refractivity contribution in [3.63, 3.8) is 0 Å². The van der Waals surface area contributed by atoms with Crippen LogP contribution in [0.5, 0.6) is 0 Å². The maximum atomic E-state index is 13.3. The largest absolute Gasteiger partial charge is 0.205 e. The standard InChI is InChI=1S/C12H13Cl2F/c1-12(2)8(6-13)11(12)7-3-4-9(14)10(15)5-7/h3-5,8,11H,6H2,1-2H3. The fourth-order valence-corrected chi connectivity index (χ4v) is 3.09. The van der Waals surface area contributed by atoms with E-state index in [1.54, 1.807) is 6.07 Å². The summed E-state index contributed by atoms with van der Waals surface area (Å²) in [7, 11) is 0. The Kier molecular flexibility index (Phi) is 2.72. The molecule has 1 aromatic rings. The van der Waals surface area contributed by atoms with Crippen LogP contribution in [-0.2, 0) is 0 Å². The Morgan fingerprint density at radius 1 is 1.40 bits per heavy atom. The number of hydrogen-bond acceptors (Lipinski definition) is 0.